The highest BCUT2D eigenvalue weighted by atomic mass is 35.5. The van der Waals surface area contributed by atoms with Crippen LogP contribution in [0.1, 0.15) is 68.6 Å². The maximum atomic E-state index is 12.4. The van der Waals surface area contributed by atoms with Crippen LogP contribution in [0.15, 0.2) is 48.8 Å². The van der Waals surface area contributed by atoms with Gasteiger partial charge in [-0.05, 0) is 36.8 Å². The number of ether oxygens (including phenoxy) is 1. The van der Waals surface area contributed by atoms with E-state index in [2.05, 4.69) is 12.2 Å². The van der Waals surface area contributed by atoms with Gasteiger partial charge in [-0.3, -0.25) is 4.79 Å². The van der Waals surface area contributed by atoms with Crippen LogP contribution >= 0.6 is 24.0 Å². The monoisotopic (exact) mass is 467 g/mol. The Labute approximate surface area is 196 Å². The Bertz CT molecular complexity index is 798. The van der Waals surface area contributed by atoms with Crippen LogP contribution in [-0.2, 0) is 16.1 Å². The SMILES string of the molecule is CCCCCCCCCCOC(=O)C[n+]1cccc(C(=O)Nc2ccc(Cl)cc2)c1.Cl. The number of rotatable bonds is 13. The maximum absolute atomic E-state index is 12.4. The molecule has 1 heterocycles. The molecule has 0 fully saturated rings. The zero-order valence-corrected chi connectivity index (χ0v) is 19.7. The van der Waals surface area contributed by atoms with Gasteiger partial charge in [-0.15, -0.1) is 12.4 Å². The van der Waals surface area contributed by atoms with Crippen molar-refractivity contribution < 1.29 is 18.9 Å². The molecule has 2 aromatic rings. The van der Waals surface area contributed by atoms with Crippen molar-refractivity contribution in [1.82, 2.24) is 0 Å². The molecule has 1 amide bonds. The lowest BCUT2D eigenvalue weighted by molar-refractivity contribution is -0.686. The van der Waals surface area contributed by atoms with E-state index in [1.807, 2.05) is 0 Å². The van der Waals surface area contributed by atoms with Crippen molar-refractivity contribution in [2.45, 2.75) is 64.8 Å². The van der Waals surface area contributed by atoms with E-state index in [1.165, 1.54) is 38.5 Å². The predicted octanol–water partition coefficient (Wildman–Crippen LogP) is 5.99. The number of unbranched alkanes of at least 4 members (excludes halogenated alkanes) is 7. The van der Waals surface area contributed by atoms with E-state index in [9.17, 15) is 9.59 Å². The molecule has 0 radical (unpaired) electrons. The van der Waals surface area contributed by atoms with Crippen molar-refractivity contribution in [3.63, 3.8) is 0 Å². The Morgan fingerprint density at radius 2 is 1.61 bits per heavy atom. The van der Waals surface area contributed by atoms with E-state index in [-0.39, 0.29) is 30.8 Å². The molecule has 0 bridgehead atoms. The molecule has 1 aromatic carbocycles. The van der Waals surface area contributed by atoms with Gasteiger partial charge in [0.2, 0.25) is 6.54 Å². The third-order valence-corrected chi connectivity index (χ3v) is 5.05. The minimum atomic E-state index is -0.293. The first-order chi connectivity index (χ1) is 14.6. The van der Waals surface area contributed by atoms with Crippen LogP contribution < -0.4 is 9.88 Å². The van der Waals surface area contributed by atoms with Crippen LogP contribution in [0.3, 0.4) is 0 Å². The van der Waals surface area contributed by atoms with Gasteiger partial charge >= 0.3 is 5.97 Å². The van der Waals surface area contributed by atoms with Gasteiger partial charge in [0, 0.05) is 16.8 Å². The molecule has 0 atom stereocenters. The van der Waals surface area contributed by atoms with Crippen LogP contribution in [0.25, 0.3) is 0 Å². The topological polar surface area (TPSA) is 59.3 Å². The highest BCUT2D eigenvalue weighted by Gasteiger charge is 2.15. The number of benzene rings is 1. The average Bonchev–Trinajstić information content (AvgIpc) is 2.74. The number of halogens is 2. The summed E-state index contributed by atoms with van der Waals surface area (Å²) in [4.78, 5) is 24.5. The smallest absolute Gasteiger partial charge is 0.372 e. The summed E-state index contributed by atoms with van der Waals surface area (Å²) in [5, 5.41) is 3.42. The molecular weight excluding hydrogens is 435 g/mol. The fourth-order valence-corrected chi connectivity index (χ4v) is 3.23. The van der Waals surface area contributed by atoms with Crippen LogP contribution in [-0.4, -0.2) is 18.5 Å². The largest absolute Gasteiger partial charge is 0.461 e. The van der Waals surface area contributed by atoms with E-state index < -0.39 is 0 Å². The molecular formula is C24H33Cl2N2O3+. The molecule has 0 aliphatic carbocycles. The lowest BCUT2D eigenvalue weighted by atomic mass is 10.1. The molecule has 5 nitrogen and oxygen atoms in total. The van der Waals surface area contributed by atoms with Crippen LogP contribution in [0, 0.1) is 0 Å². The number of anilines is 1. The van der Waals surface area contributed by atoms with Gasteiger partial charge in [0.15, 0.2) is 12.4 Å². The first kappa shape index (κ1) is 26.9. The van der Waals surface area contributed by atoms with Gasteiger partial charge in [0.05, 0.1) is 6.61 Å². The molecule has 170 valence electrons. The zero-order valence-electron chi connectivity index (χ0n) is 18.1. The Morgan fingerprint density at radius 3 is 2.29 bits per heavy atom. The van der Waals surface area contributed by atoms with Gasteiger partial charge in [-0.1, -0.05) is 63.5 Å². The Hall–Kier alpha value is -2.11. The molecule has 0 aliphatic rings. The number of nitrogens with one attached hydrogen (secondary N) is 1. The van der Waals surface area contributed by atoms with Crippen LogP contribution in [0.2, 0.25) is 5.02 Å². The Morgan fingerprint density at radius 1 is 0.968 bits per heavy atom. The summed E-state index contributed by atoms with van der Waals surface area (Å²) in [6.07, 6.45) is 13.0. The fraction of sp³-hybridized carbons (Fsp3) is 0.458. The van der Waals surface area contributed by atoms with Gasteiger partial charge in [-0.2, -0.15) is 4.57 Å². The molecule has 0 spiro atoms. The lowest BCUT2D eigenvalue weighted by Gasteiger charge is -2.05. The van der Waals surface area contributed by atoms with Gasteiger partial charge in [-0.25, -0.2) is 4.79 Å². The summed E-state index contributed by atoms with van der Waals surface area (Å²) in [5.74, 6) is -0.544. The summed E-state index contributed by atoms with van der Waals surface area (Å²) in [6, 6.07) is 10.3. The van der Waals surface area contributed by atoms with Crippen molar-refractivity contribution in [3.05, 3.63) is 59.4 Å². The second kappa shape index (κ2) is 15.7. The lowest BCUT2D eigenvalue weighted by Crippen LogP contribution is -2.39. The van der Waals surface area contributed by atoms with E-state index in [0.717, 1.165) is 12.8 Å². The minimum absolute atomic E-state index is 0. The highest BCUT2D eigenvalue weighted by Crippen LogP contribution is 2.14. The molecule has 7 heteroatoms. The third-order valence-electron chi connectivity index (χ3n) is 4.80. The average molecular weight is 468 g/mol. The van der Waals surface area contributed by atoms with Crippen molar-refractivity contribution in [2.24, 2.45) is 0 Å². The predicted molar refractivity (Wildman–Crippen MR) is 127 cm³/mol. The van der Waals surface area contributed by atoms with Crippen LogP contribution in [0.4, 0.5) is 5.69 Å². The van der Waals surface area contributed by atoms with Crippen molar-refractivity contribution in [1.29, 1.82) is 0 Å². The number of esters is 1. The van der Waals surface area contributed by atoms with Gasteiger partial charge < -0.3 is 10.1 Å². The van der Waals surface area contributed by atoms with E-state index >= 15 is 0 Å². The first-order valence-corrected chi connectivity index (χ1v) is 11.2. The quantitative estimate of drug-likeness (QED) is 0.223. The molecule has 0 saturated carbocycles. The van der Waals surface area contributed by atoms with Gasteiger partial charge in [0.1, 0.15) is 5.56 Å². The number of carbonyl (C=O) groups excluding carboxylic acids is 2. The number of nitrogens with zero attached hydrogens (tertiary/aromatic N) is 1. The molecule has 31 heavy (non-hydrogen) atoms. The highest BCUT2D eigenvalue weighted by molar-refractivity contribution is 6.30. The molecule has 0 saturated heterocycles. The van der Waals surface area contributed by atoms with Crippen molar-refractivity contribution in [3.8, 4) is 0 Å². The van der Waals surface area contributed by atoms with Crippen molar-refractivity contribution >= 4 is 41.6 Å². The number of pyridine rings is 1. The van der Waals surface area contributed by atoms with E-state index in [1.54, 1.807) is 53.4 Å². The third kappa shape index (κ3) is 11.2. The molecule has 1 aromatic heterocycles. The Kier molecular flexibility index (Phi) is 13.6. The standard InChI is InChI=1S/C24H31ClN2O3.ClH/c1-2-3-4-5-6-7-8-9-17-30-23(28)19-27-16-10-11-20(18-27)24(29)26-22-14-12-21(25)13-15-22;/h10-16,18H,2-9,17,19H2,1H3;1H/p+1. The van der Waals surface area contributed by atoms with E-state index in [0.29, 0.717) is 22.9 Å². The second-order valence-corrected chi connectivity index (χ2v) is 7.86. The fourth-order valence-electron chi connectivity index (χ4n) is 3.11. The summed E-state index contributed by atoms with van der Waals surface area (Å²) < 4.78 is 6.99. The number of amides is 1. The molecule has 2 rings (SSSR count). The van der Waals surface area contributed by atoms with E-state index in [4.69, 9.17) is 16.3 Å². The number of hydrogen-bond donors (Lipinski definition) is 1. The number of aromatic nitrogens is 1. The molecule has 0 aliphatic heterocycles. The van der Waals surface area contributed by atoms with Crippen molar-refractivity contribution in [2.75, 3.05) is 11.9 Å². The zero-order chi connectivity index (χ0) is 21.6. The summed E-state index contributed by atoms with van der Waals surface area (Å²) in [5.41, 5.74) is 1.12. The van der Waals surface area contributed by atoms with Gasteiger partial charge in [0.25, 0.3) is 5.91 Å². The number of hydrogen-bond acceptors (Lipinski definition) is 3. The summed E-state index contributed by atoms with van der Waals surface area (Å²) >= 11 is 5.86. The second-order valence-electron chi connectivity index (χ2n) is 7.42. The Balaban J connectivity index is 0.00000480. The molecule has 0 unspecified atom stereocenters. The summed E-state index contributed by atoms with van der Waals surface area (Å²) in [6.45, 7) is 2.75. The normalized spacial score (nSPS) is 10.3. The summed E-state index contributed by atoms with van der Waals surface area (Å²) in [7, 11) is 0. The number of carbonyl (C=O) groups is 2. The van der Waals surface area contributed by atoms with Crippen LogP contribution in [0.5, 0.6) is 0 Å². The minimum Gasteiger partial charge on any atom is -0.461 e. The first-order valence-electron chi connectivity index (χ1n) is 10.8. The molecule has 1 N–H and O–H groups in total. The maximum Gasteiger partial charge on any atom is 0.372 e.